The number of aliphatic hydroxyl groups is 1. The van der Waals surface area contributed by atoms with Crippen molar-refractivity contribution in [3.8, 4) is 0 Å². The number of hydrogen-bond donors (Lipinski definition) is 2. The summed E-state index contributed by atoms with van der Waals surface area (Å²) in [5.74, 6) is 0.0895. The van der Waals surface area contributed by atoms with Gasteiger partial charge >= 0.3 is 0 Å². The molecule has 0 fully saturated rings. The van der Waals surface area contributed by atoms with Crippen LogP contribution in [0.25, 0.3) is 0 Å². The van der Waals surface area contributed by atoms with Gasteiger partial charge in [-0.15, -0.1) is 0 Å². The fourth-order valence-corrected chi connectivity index (χ4v) is 2.92. The fraction of sp³-hybridized carbons (Fsp3) is 0.571. The number of aryl methyl sites for hydroxylation is 1. The lowest BCUT2D eigenvalue weighted by atomic mass is 9.90. The van der Waals surface area contributed by atoms with Crippen LogP contribution in [0, 0.1) is 5.41 Å². The molecule has 5 heteroatoms. The average Bonchev–Trinajstić information content (AvgIpc) is 2.36. The van der Waals surface area contributed by atoms with Crippen molar-refractivity contribution < 1.29 is 13.5 Å². The van der Waals surface area contributed by atoms with Gasteiger partial charge in [-0.25, -0.2) is 13.1 Å². The topological polar surface area (TPSA) is 66.4 Å². The number of nitrogens with one attached hydrogen (secondary N) is 1. The molecule has 0 saturated heterocycles. The largest absolute Gasteiger partial charge is 0.396 e. The van der Waals surface area contributed by atoms with Crippen LogP contribution >= 0.6 is 0 Å². The second-order valence-corrected chi connectivity index (χ2v) is 7.44. The van der Waals surface area contributed by atoms with Crippen molar-refractivity contribution >= 4 is 10.0 Å². The van der Waals surface area contributed by atoms with Gasteiger partial charge in [0.1, 0.15) is 0 Å². The zero-order valence-corrected chi connectivity index (χ0v) is 12.4. The number of hydrogen-bond acceptors (Lipinski definition) is 3. The molecule has 19 heavy (non-hydrogen) atoms. The van der Waals surface area contributed by atoms with E-state index >= 15 is 0 Å². The third kappa shape index (κ3) is 6.71. The van der Waals surface area contributed by atoms with Gasteiger partial charge in [-0.05, 0) is 23.8 Å². The summed E-state index contributed by atoms with van der Waals surface area (Å²) < 4.78 is 26.4. The Morgan fingerprint density at radius 3 is 2.42 bits per heavy atom. The van der Waals surface area contributed by atoms with Crippen molar-refractivity contribution in [1.82, 2.24) is 4.72 Å². The Morgan fingerprint density at radius 1 is 1.21 bits per heavy atom. The molecule has 0 aromatic heterocycles. The molecular formula is C14H23NO3S. The second kappa shape index (κ2) is 7.03. The summed E-state index contributed by atoms with van der Waals surface area (Å²) >= 11 is 0. The first-order valence-corrected chi connectivity index (χ1v) is 8.12. The fourth-order valence-electron chi connectivity index (χ4n) is 1.67. The maximum Gasteiger partial charge on any atom is 0.211 e. The first-order chi connectivity index (χ1) is 8.85. The molecule has 1 aromatic rings. The molecule has 4 nitrogen and oxygen atoms in total. The van der Waals surface area contributed by atoms with E-state index in [1.807, 2.05) is 44.2 Å². The van der Waals surface area contributed by atoms with Crippen LogP contribution in [0.4, 0.5) is 0 Å². The quantitative estimate of drug-likeness (QED) is 0.761. The molecule has 0 atom stereocenters. The van der Waals surface area contributed by atoms with Crippen molar-refractivity contribution in [3.05, 3.63) is 35.9 Å². The summed E-state index contributed by atoms with van der Waals surface area (Å²) in [5.41, 5.74) is 0.789. The van der Waals surface area contributed by atoms with Crippen molar-refractivity contribution in [2.24, 2.45) is 5.41 Å². The molecule has 1 aromatic carbocycles. The Bertz CT molecular complexity index is 469. The molecule has 0 spiro atoms. The highest BCUT2D eigenvalue weighted by molar-refractivity contribution is 7.89. The number of sulfonamides is 1. The Hall–Kier alpha value is -0.910. The van der Waals surface area contributed by atoms with Gasteiger partial charge in [0.05, 0.1) is 5.75 Å². The zero-order chi connectivity index (χ0) is 14.4. The Kier molecular flexibility index (Phi) is 5.97. The molecule has 0 aliphatic heterocycles. The van der Waals surface area contributed by atoms with Crippen LogP contribution in [0.1, 0.15) is 25.8 Å². The predicted molar refractivity (Wildman–Crippen MR) is 77.4 cm³/mol. The summed E-state index contributed by atoms with van der Waals surface area (Å²) in [7, 11) is -3.26. The van der Waals surface area contributed by atoms with E-state index in [0.29, 0.717) is 19.4 Å². The molecule has 0 saturated carbocycles. The summed E-state index contributed by atoms with van der Waals surface area (Å²) in [5, 5.41) is 8.91. The summed E-state index contributed by atoms with van der Waals surface area (Å²) in [4.78, 5) is 0. The minimum atomic E-state index is -3.26. The first-order valence-electron chi connectivity index (χ1n) is 6.47. The van der Waals surface area contributed by atoms with E-state index in [9.17, 15) is 8.42 Å². The first kappa shape index (κ1) is 16.1. The van der Waals surface area contributed by atoms with Crippen LogP contribution in [0.15, 0.2) is 30.3 Å². The summed E-state index contributed by atoms with van der Waals surface area (Å²) in [6.07, 6.45) is 1.09. The van der Waals surface area contributed by atoms with E-state index in [4.69, 9.17) is 5.11 Å². The summed E-state index contributed by atoms with van der Waals surface area (Å²) in [6.45, 7) is 4.29. The normalized spacial score (nSPS) is 12.6. The molecule has 0 amide bonds. The highest BCUT2D eigenvalue weighted by Gasteiger charge is 2.20. The minimum Gasteiger partial charge on any atom is -0.396 e. The lowest BCUT2D eigenvalue weighted by Gasteiger charge is -2.23. The molecule has 1 rings (SSSR count). The highest BCUT2D eigenvalue weighted by atomic mass is 32.2. The number of benzene rings is 1. The van der Waals surface area contributed by atoms with Crippen LogP contribution < -0.4 is 4.72 Å². The van der Waals surface area contributed by atoms with E-state index in [-0.39, 0.29) is 17.8 Å². The van der Waals surface area contributed by atoms with Crippen LogP contribution in [-0.2, 0) is 16.4 Å². The molecule has 0 bridgehead atoms. The van der Waals surface area contributed by atoms with Crippen molar-refractivity contribution in [1.29, 1.82) is 0 Å². The Balaban J connectivity index is 2.44. The molecular weight excluding hydrogens is 262 g/mol. The standard InChI is InChI=1S/C14H23NO3S/c1-14(2,9-10-16)12-15-19(17,18)11-8-13-6-4-3-5-7-13/h3-7,15-16H,8-12H2,1-2H3. The van der Waals surface area contributed by atoms with E-state index in [1.54, 1.807) is 0 Å². The van der Waals surface area contributed by atoms with Gasteiger partial charge in [0.2, 0.25) is 10.0 Å². The van der Waals surface area contributed by atoms with Crippen LogP contribution in [0.5, 0.6) is 0 Å². The lowest BCUT2D eigenvalue weighted by Crippen LogP contribution is -2.36. The van der Waals surface area contributed by atoms with E-state index in [0.717, 1.165) is 5.56 Å². The molecule has 108 valence electrons. The van der Waals surface area contributed by atoms with E-state index in [2.05, 4.69) is 4.72 Å². The number of rotatable bonds is 8. The number of aliphatic hydroxyl groups excluding tert-OH is 1. The molecule has 0 aliphatic carbocycles. The third-order valence-corrected chi connectivity index (χ3v) is 4.39. The summed E-state index contributed by atoms with van der Waals surface area (Å²) in [6, 6.07) is 9.56. The van der Waals surface area contributed by atoms with Crippen molar-refractivity contribution in [3.63, 3.8) is 0 Å². The van der Waals surface area contributed by atoms with E-state index in [1.165, 1.54) is 0 Å². The third-order valence-electron chi connectivity index (χ3n) is 3.06. The maximum absolute atomic E-state index is 11.9. The van der Waals surface area contributed by atoms with Gasteiger partial charge in [0, 0.05) is 13.2 Å². The van der Waals surface area contributed by atoms with Gasteiger partial charge in [-0.2, -0.15) is 0 Å². The highest BCUT2D eigenvalue weighted by Crippen LogP contribution is 2.18. The average molecular weight is 285 g/mol. The molecule has 0 unspecified atom stereocenters. The molecule has 0 aliphatic rings. The Morgan fingerprint density at radius 2 is 1.84 bits per heavy atom. The van der Waals surface area contributed by atoms with Crippen LogP contribution in [0.3, 0.4) is 0 Å². The SMILES string of the molecule is CC(C)(CCO)CNS(=O)(=O)CCc1ccccc1. The minimum absolute atomic E-state index is 0.0682. The molecule has 0 radical (unpaired) electrons. The van der Waals surface area contributed by atoms with Gasteiger partial charge in [0.25, 0.3) is 0 Å². The monoisotopic (exact) mass is 285 g/mol. The van der Waals surface area contributed by atoms with Gasteiger partial charge in [-0.3, -0.25) is 0 Å². The smallest absolute Gasteiger partial charge is 0.211 e. The van der Waals surface area contributed by atoms with Gasteiger partial charge in [-0.1, -0.05) is 44.2 Å². The van der Waals surface area contributed by atoms with Gasteiger partial charge in [0.15, 0.2) is 0 Å². The van der Waals surface area contributed by atoms with Crippen molar-refractivity contribution in [2.45, 2.75) is 26.7 Å². The molecule has 2 N–H and O–H groups in total. The zero-order valence-electron chi connectivity index (χ0n) is 11.6. The molecule has 0 heterocycles. The maximum atomic E-state index is 11.9. The van der Waals surface area contributed by atoms with Crippen LogP contribution in [0.2, 0.25) is 0 Å². The van der Waals surface area contributed by atoms with Crippen LogP contribution in [-0.4, -0.2) is 32.4 Å². The van der Waals surface area contributed by atoms with E-state index < -0.39 is 10.0 Å². The van der Waals surface area contributed by atoms with Gasteiger partial charge < -0.3 is 5.11 Å². The Labute approximate surface area is 115 Å². The van der Waals surface area contributed by atoms with Crippen molar-refractivity contribution in [2.75, 3.05) is 18.9 Å². The second-order valence-electron chi connectivity index (χ2n) is 5.51. The lowest BCUT2D eigenvalue weighted by molar-refractivity contribution is 0.213. The predicted octanol–water partition coefficient (Wildman–Crippen LogP) is 1.56.